The zero-order valence-electron chi connectivity index (χ0n) is 11.7. The number of benzene rings is 1. The van der Waals surface area contributed by atoms with Crippen LogP contribution in [-0.4, -0.2) is 37.9 Å². The Hall–Kier alpha value is -1.47. The average Bonchev–Trinajstić information content (AvgIpc) is 2.36. The largest absolute Gasteiger partial charge is 0.465 e. The first-order valence-corrected chi connectivity index (χ1v) is 7.66. The Bertz CT molecular complexity index is 571. The van der Waals surface area contributed by atoms with Crippen molar-refractivity contribution in [3.63, 3.8) is 0 Å². The Morgan fingerprint density at radius 1 is 1.35 bits per heavy atom. The zero-order chi connectivity index (χ0) is 15.3. The third kappa shape index (κ3) is 3.77. The van der Waals surface area contributed by atoms with Crippen molar-refractivity contribution < 1.29 is 22.3 Å². The molecule has 0 aliphatic carbocycles. The number of sulfonamides is 1. The quantitative estimate of drug-likeness (QED) is 0.752. The Kier molecular flexibility index (Phi) is 5.64. The maximum atomic E-state index is 13.7. The molecule has 0 spiro atoms. The molecule has 0 radical (unpaired) electrons. The molecule has 0 amide bonds. The van der Waals surface area contributed by atoms with Crippen LogP contribution in [0.15, 0.2) is 29.2 Å². The molecule has 0 aliphatic heterocycles. The van der Waals surface area contributed by atoms with Crippen molar-refractivity contribution >= 4 is 16.0 Å². The van der Waals surface area contributed by atoms with Gasteiger partial charge in [0.15, 0.2) is 0 Å². The van der Waals surface area contributed by atoms with Gasteiger partial charge < -0.3 is 4.74 Å². The van der Waals surface area contributed by atoms with Crippen molar-refractivity contribution in [3.05, 3.63) is 30.1 Å². The third-order valence-electron chi connectivity index (χ3n) is 2.59. The van der Waals surface area contributed by atoms with E-state index in [2.05, 4.69) is 0 Å². The van der Waals surface area contributed by atoms with Gasteiger partial charge in [-0.25, -0.2) is 12.8 Å². The first kappa shape index (κ1) is 16.6. The third-order valence-corrected chi connectivity index (χ3v) is 4.64. The van der Waals surface area contributed by atoms with Gasteiger partial charge in [0.05, 0.1) is 6.61 Å². The molecule has 20 heavy (non-hydrogen) atoms. The molecule has 1 aromatic rings. The predicted molar refractivity (Wildman–Crippen MR) is 72.1 cm³/mol. The predicted octanol–water partition coefficient (Wildman–Crippen LogP) is 1.79. The number of carbonyl (C=O) groups excluding carboxylic acids is 1. The van der Waals surface area contributed by atoms with Crippen molar-refractivity contribution in [3.8, 4) is 0 Å². The van der Waals surface area contributed by atoms with Gasteiger partial charge in [0.25, 0.3) is 0 Å². The van der Waals surface area contributed by atoms with Gasteiger partial charge >= 0.3 is 5.97 Å². The number of carbonyl (C=O) groups is 1. The highest BCUT2D eigenvalue weighted by atomic mass is 32.2. The SMILES string of the molecule is CCOC(=O)CN(C(C)C)S(=O)(=O)c1ccccc1F. The van der Waals surface area contributed by atoms with Crippen LogP contribution in [0.25, 0.3) is 0 Å². The van der Waals surface area contributed by atoms with Crippen LogP contribution >= 0.6 is 0 Å². The second kappa shape index (κ2) is 6.81. The Morgan fingerprint density at radius 2 is 1.95 bits per heavy atom. The minimum Gasteiger partial charge on any atom is -0.465 e. The highest BCUT2D eigenvalue weighted by molar-refractivity contribution is 7.89. The van der Waals surface area contributed by atoms with Gasteiger partial charge in [-0.1, -0.05) is 12.1 Å². The minimum atomic E-state index is -4.09. The standard InChI is InChI=1S/C13H18FNO4S/c1-4-19-13(16)9-15(10(2)3)20(17,18)12-8-6-5-7-11(12)14/h5-8,10H,4,9H2,1-3H3. The van der Waals surface area contributed by atoms with Gasteiger partial charge in [0.2, 0.25) is 10.0 Å². The summed E-state index contributed by atoms with van der Waals surface area (Å²) in [6.07, 6.45) is 0. The molecule has 0 saturated heterocycles. The van der Waals surface area contributed by atoms with Gasteiger partial charge in [0, 0.05) is 6.04 Å². The lowest BCUT2D eigenvalue weighted by Crippen LogP contribution is -2.41. The lowest BCUT2D eigenvalue weighted by atomic mass is 10.3. The fourth-order valence-corrected chi connectivity index (χ4v) is 3.31. The molecule has 0 aromatic heterocycles. The van der Waals surface area contributed by atoms with Gasteiger partial charge in [-0.2, -0.15) is 4.31 Å². The number of nitrogens with zero attached hydrogens (tertiary/aromatic N) is 1. The van der Waals surface area contributed by atoms with E-state index in [9.17, 15) is 17.6 Å². The summed E-state index contributed by atoms with van der Waals surface area (Å²) in [6.45, 7) is 4.56. The lowest BCUT2D eigenvalue weighted by molar-refractivity contribution is -0.143. The molecule has 0 aliphatic rings. The summed E-state index contributed by atoms with van der Waals surface area (Å²) in [4.78, 5) is 11.1. The van der Waals surface area contributed by atoms with Crippen LogP contribution in [0.4, 0.5) is 4.39 Å². The van der Waals surface area contributed by atoms with Gasteiger partial charge in [-0.3, -0.25) is 4.79 Å². The molecule has 0 saturated carbocycles. The minimum absolute atomic E-state index is 0.157. The topological polar surface area (TPSA) is 63.7 Å². The van der Waals surface area contributed by atoms with E-state index in [1.807, 2.05) is 0 Å². The molecular weight excluding hydrogens is 285 g/mol. The smallest absolute Gasteiger partial charge is 0.321 e. The molecule has 112 valence electrons. The molecule has 0 heterocycles. The highest BCUT2D eigenvalue weighted by Crippen LogP contribution is 2.20. The van der Waals surface area contributed by atoms with Crippen LogP contribution in [0, 0.1) is 5.82 Å². The van der Waals surface area contributed by atoms with Crippen LogP contribution in [0.1, 0.15) is 20.8 Å². The second-order valence-corrected chi connectivity index (χ2v) is 6.24. The molecule has 0 atom stereocenters. The van der Waals surface area contributed by atoms with Crippen molar-refractivity contribution in [1.29, 1.82) is 0 Å². The van der Waals surface area contributed by atoms with Crippen molar-refractivity contribution in [2.75, 3.05) is 13.2 Å². The number of hydrogen-bond donors (Lipinski definition) is 0. The van der Waals surface area contributed by atoms with Crippen molar-refractivity contribution in [2.24, 2.45) is 0 Å². The summed E-state index contributed by atoms with van der Waals surface area (Å²) < 4.78 is 44.2. The summed E-state index contributed by atoms with van der Waals surface area (Å²) in [5, 5.41) is 0. The Balaban J connectivity index is 3.14. The molecular formula is C13H18FNO4S. The number of ether oxygens (including phenoxy) is 1. The number of esters is 1. The fraction of sp³-hybridized carbons (Fsp3) is 0.462. The Labute approximate surface area is 118 Å². The summed E-state index contributed by atoms with van der Waals surface area (Å²) in [5.74, 6) is -1.51. The molecule has 0 unspecified atom stereocenters. The summed E-state index contributed by atoms with van der Waals surface area (Å²) >= 11 is 0. The normalized spacial score (nSPS) is 11.9. The summed E-state index contributed by atoms with van der Waals surface area (Å²) in [7, 11) is -4.09. The van der Waals surface area contributed by atoms with E-state index >= 15 is 0 Å². The van der Waals surface area contributed by atoms with Gasteiger partial charge in [-0.15, -0.1) is 0 Å². The van der Waals surface area contributed by atoms with Crippen molar-refractivity contribution in [1.82, 2.24) is 4.31 Å². The average molecular weight is 303 g/mol. The summed E-state index contributed by atoms with van der Waals surface area (Å²) in [6, 6.07) is 4.57. The van der Waals surface area contributed by atoms with Gasteiger partial charge in [-0.05, 0) is 32.9 Å². The highest BCUT2D eigenvalue weighted by Gasteiger charge is 2.31. The Morgan fingerprint density at radius 3 is 2.45 bits per heavy atom. The monoisotopic (exact) mass is 303 g/mol. The van der Waals surface area contributed by atoms with E-state index in [0.717, 1.165) is 10.4 Å². The molecule has 1 rings (SSSR count). The number of halogens is 1. The van der Waals surface area contributed by atoms with E-state index < -0.39 is 39.3 Å². The van der Waals surface area contributed by atoms with E-state index in [0.29, 0.717) is 0 Å². The van der Waals surface area contributed by atoms with Crippen LogP contribution in [0.3, 0.4) is 0 Å². The first-order valence-electron chi connectivity index (χ1n) is 6.22. The zero-order valence-corrected chi connectivity index (χ0v) is 12.5. The van der Waals surface area contributed by atoms with E-state index in [4.69, 9.17) is 4.74 Å². The van der Waals surface area contributed by atoms with E-state index in [1.165, 1.54) is 18.2 Å². The maximum Gasteiger partial charge on any atom is 0.321 e. The molecule has 0 bridgehead atoms. The molecule has 7 heteroatoms. The van der Waals surface area contributed by atoms with E-state index in [1.54, 1.807) is 20.8 Å². The molecule has 0 N–H and O–H groups in total. The maximum absolute atomic E-state index is 13.7. The van der Waals surface area contributed by atoms with Crippen molar-refractivity contribution in [2.45, 2.75) is 31.7 Å². The fourth-order valence-electron chi connectivity index (χ4n) is 1.66. The second-order valence-electron chi connectivity index (χ2n) is 4.38. The van der Waals surface area contributed by atoms with E-state index in [-0.39, 0.29) is 6.61 Å². The number of rotatable bonds is 6. The molecule has 0 fully saturated rings. The lowest BCUT2D eigenvalue weighted by Gasteiger charge is -2.25. The molecule has 5 nitrogen and oxygen atoms in total. The van der Waals surface area contributed by atoms with Crippen LogP contribution in [-0.2, 0) is 19.6 Å². The van der Waals surface area contributed by atoms with Crippen LogP contribution in [0.2, 0.25) is 0 Å². The van der Waals surface area contributed by atoms with Gasteiger partial charge in [0.1, 0.15) is 17.3 Å². The van der Waals surface area contributed by atoms with Crippen LogP contribution < -0.4 is 0 Å². The van der Waals surface area contributed by atoms with Crippen LogP contribution in [0.5, 0.6) is 0 Å². The number of hydrogen-bond acceptors (Lipinski definition) is 4. The first-order chi connectivity index (χ1) is 9.30. The molecule has 1 aromatic carbocycles. The summed E-state index contributed by atoms with van der Waals surface area (Å²) in [5.41, 5.74) is 0.